The van der Waals surface area contributed by atoms with Gasteiger partial charge in [-0.1, -0.05) is 0 Å². The summed E-state index contributed by atoms with van der Waals surface area (Å²) in [5, 5.41) is 22.8. The Labute approximate surface area is 136 Å². The number of aliphatic hydroxyl groups is 1. The molecule has 0 aromatic heterocycles. The minimum Gasteiger partial charge on any atom is -0.480 e. The van der Waals surface area contributed by atoms with Crippen molar-refractivity contribution in [1.82, 2.24) is 15.5 Å². The first kappa shape index (κ1) is 21.1. The average Bonchev–Trinajstić information content (AvgIpc) is 2.50. The Balaban J connectivity index is 4.14. The lowest BCUT2D eigenvalue weighted by Crippen LogP contribution is -2.41. The predicted octanol–water partition coefficient (Wildman–Crippen LogP) is -0.604. The molecular weight excluding hydrogens is 306 g/mol. The maximum atomic E-state index is 11.4. The molecule has 23 heavy (non-hydrogen) atoms. The van der Waals surface area contributed by atoms with Gasteiger partial charge in [-0.25, -0.2) is 9.59 Å². The Morgan fingerprint density at radius 3 is 2.43 bits per heavy atom. The monoisotopic (exact) mass is 333 g/mol. The fraction of sp³-hybridized carbons (Fsp3) is 0.786. The normalized spacial score (nSPS) is 11.6. The molecule has 0 aromatic rings. The van der Waals surface area contributed by atoms with Gasteiger partial charge in [0.1, 0.15) is 12.6 Å². The molecule has 0 fully saturated rings. The summed E-state index contributed by atoms with van der Waals surface area (Å²) in [4.78, 5) is 35.5. The molecule has 9 heteroatoms. The number of likely N-dealkylation sites (N-methyl/N-ethyl adjacent to an activating group) is 1. The predicted molar refractivity (Wildman–Crippen MR) is 83.0 cm³/mol. The third-order valence-corrected chi connectivity index (χ3v) is 3.16. The van der Waals surface area contributed by atoms with E-state index in [2.05, 4.69) is 15.4 Å². The van der Waals surface area contributed by atoms with Crippen molar-refractivity contribution in [3.8, 4) is 0 Å². The maximum absolute atomic E-state index is 11.4. The molecule has 0 aliphatic heterocycles. The van der Waals surface area contributed by atoms with Crippen molar-refractivity contribution in [1.29, 1.82) is 0 Å². The molecule has 0 aliphatic rings. The molecule has 0 bridgehead atoms. The number of ether oxygens (including phenoxy) is 1. The van der Waals surface area contributed by atoms with Crippen LogP contribution in [0, 0.1) is 0 Å². The summed E-state index contributed by atoms with van der Waals surface area (Å²) in [5.41, 5.74) is 0. The second kappa shape index (κ2) is 12.7. The van der Waals surface area contributed by atoms with E-state index in [-0.39, 0.29) is 25.5 Å². The number of carboxylic acids is 1. The van der Waals surface area contributed by atoms with Crippen molar-refractivity contribution in [3.05, 3.63) is 0 Å². The van der Waals surface area contributed by atoms with E-state index >= 15 is 0 Å². The maximum Gasteiger partial charge on any atom is 0.407 e. The molecule has 0 aliphatic carbocycles. The van der Waals surface area contributed by atoms with Crippen molar-refractivity contribution < 1.29 is 29.3 Å². The van der Waals surface area contributed by atoms with Gasteiger partial charge in [0.05, 0.1) is 6.61 Å². The highest BCUT2D eigenvalue weighted by Gasteiger charge is 2.20. The third-order valence-electron chi connectivity index (χ3n) is 3.16. The molecule has 1 atom stereocenters. The third kappa shape index (κ3) is 10.5. The van der Waals surface area contributed by atoms with Crippen LogP contribution in [-0.4, -0.2) is 79.0 Å². The van der Waals surface area contributed by atoms with Gasteiger partial charge in [-0.05, 0) is 26.3 Å². The van der Waals surface area contributed by atoms with Crippen LogP contribution in [0.25, 0.3) is 0 Å². The minimum atomic E-state index is -1.15. The van der Waals surface area contributed by atoms with E-state index in [4.69, 9.17) is 10.2 Å². The summed E-state index contributed by atoms with van der Waals surface area (Å²) >= 11 is 0. The Bertz CT molecular complexity index is 378. The minimum absolute atomic E-state index is 0.0271. The van der Waals surface area contributed by atoms with E-state index in [1.54, 1.807) is 11.9 Å². The fourth-order valence-corrected chi connectivity index (χ4v) is 1.90. The zero-order valence-electron chi connectivity index (χ0n) is 13.7. The number of nitrogens with zero attached hydrogens (tertiary/aromatic N) is 1. The lowest BCUT2D eigenvalue weighted by atomic mass is 10.1. The number of unbranched alkanes of at least 4 members (excludes halogenated alkanes) is 1. The Morgan fingerprint density at radius 1 is 1.22 bits per heavy atom. The van der Waals surface area contributed by atoms with Crippen LogP contribution in [0.2, 0.25) is 0 Å². The number of hydrogen-bond acceptors (Lipinski definition) is 6. The summed E-state index contributed by atoms with van der Waals surface area (Å²) in [6.07, 6.45) is 0.549. The first-order chi connectivity index (χ1) is 10.9. The number of nitrogens with one attached hydrogen (secondary N) is 2. The zero-order chi connectivity index (χ0) is 17.7. The molecule has 0 unspecified atom stereocenters. The second-order valence-electron chi connectivity index (χ2n) is 5.00. The first-order valence-corrected chi connectivity index (χ1v) is 7.59. The number of aliphatic carboxylic acids is 1. The number of carboxylic acid groups (broad SMARTS) is 1. The van der Waals surface area contributed by atoms with Crippen molar-refractivity contribution in [2.24, 2.45) is 0 Å². The molecule has 0 saturated heterocycles. The van der Waals surface area contributed by atoms with Crippen LogP contribution in [0.15, 0.2) is 0 Å². The molecular formula is C14H27N3O6. The number of amides is 2. The van der Waals surface area contributed by atoms with Crippen molar-refractivity contribution in [2.45, 2.75) is 32.2 Å². The second-order valence-corrected chi connectivity index (χ2v) is 5.00. The average molecular weight is 333 g/mol. The molecule has 0 aromatic carbocycles. The van der Waals surface area contributed by atoms with E-state index in [0.717, 1.165) is 0 Å². The Morgan fingerprint density at radius 2 is 1.91 bits per heavy atom. The SMILES string of the molecule is CNCCN(CCCC[C@H](NC(=O)OCCO)C(=O)O)C(C)=O. The lowest BCUT2D eigenvalue weighted by molar-refractivity contribution is -0.139. The van der Waals surface area contributed by atoms with Crippen LogP contribution in [-0.2, 0) is 14.3 Å². The van der Waals surface area contributed by atoms with Gasteiger partial charge in [-0.2, -0.15) is 0 Å². The number of carbonyl (C=O) groups is 3. The molecule has 0 radical (unpaired) electrons. The molecule has 9 nitrogen and oxygen atoms in total. The van der Waals surface area contributed by atoms with Gasteiger partial charge >= 0.3 is 12.1 Å². The van der Waals surface area contributed by atoms with E-state index in [9.17, 15) is 14.4 Å². The molecule has 0 saturated carbocycles. The Kier molecular flexibility index (Phi) is 11.6. The number of aliphatic hydroxyl groups excluding tert-OH is 1. The van der Waals surface area contributed by atoms with E-state index in [1.165, 1.54) is 6.92 Å². The largest absolute Gasteiger partial charge is 0.480 e. The summed E-state index contributed by atoms with van der Waals surface area (Å²) < 4.78 is 4.57. The van der Waals surface area contributed by atoms with Crippen LogP contribution in [0.5, 0.6) is 0 Å². The van der Waals surface area contributed by atoms with Crippen molar-refractivity contribution >= 4 is 18.0 Å². The summed E-state index contributed by atoms with van der Waals surface area (Å²) in [6, 6.07) is -1.05. The van der Waals surface area contributed by atoms with Crippen LogP contribution in [0.4, 0.5) is 4.79 Å². The van der Waals surface area contributed by atoms with E-state index in [0.29, 0.717) is 32.5 Å². The van der Waals surface area contributed by atoms with Crippen LogP contribution < -0.4 is 10.6 Å². The topological polar surface area (TPSA) is 128 Å². The lowest BCUT2D eigenvalue weighted by Gasteiger charge is -2.21. The van der Waals surface area contributed by atoms with Gasteiger partial charge in [-0.15, -0.1) is 0 Å². The number of rotatable bonds is 12. The van der Waals surface area contributed by atoms with Gasteiger partial charge in [0.15, 0.2) is 0 Å². The van der Waals surface area contributed by atoms with Gasteiger partial charge in [0, 0.05) is 26.6 Å². The number of carbonyl (C=O) groups excluding carboxylic acids is 2. The van der Waals surface area contributed by atoms with Crippen molar-refractivity contribution in [3.63, 3.8) is 0 Å². The number of alkyl carbamates (subject to hydrolysis) is 1. The van der Waals surface area contributed by atoms with Gasteiger partial charge in [-0.3, -0.25) is 4.79 Å². The molecule has 2 amide bonds. The van der Waals surface area contributed by atoms with Gasteiger partial charge < -0.3 is 30.5 Å². The molecule has 0 heterocycles. The summed E-state index contributed by atoms with van der Waals surface area (Å²) in [7, 11) is 1.80. The molecule has 4 N–H and O–H groups in total. The van der Waals surface area contributed by atoms with Crippen LogP contribution >= 0.6 is 0 Å². The van der Waals surface area contributed by atoms with Crippen molar-refractivity contribution in [2.75, 3.05) is 39.9 Å². The molecule has 0 rings (SSSR count). The van der Waals surface area contributed by atoms with E-state index < -0.39 is 18.1 Å². The summed E-state index contributed by atoms with van der Waals surface area (Å²) in [5.74, 6) is -1.18. The fourth-order valence-electron chi connectivity index (χ4n) is 1.90. The van der Waals surface area contributed by atoms with Gasteiger partial charge in [0.25, 0.3) is 0 Å². The highest BCUT2D eigenvalue weighted by molar-refractivity contribution is 5.79. The van der Waals surface area contributed by atoms with Crippen LogP contribution in [0.1, 0.15) is 26.2 Å². The number of hydrogen-bond donors (Lipinski definition) is 4. The highest BCUT2D eigenvalue weighted by atomic mass is 16.6. The molecule has 134 valence electrons. The quantitative estimate of drug-likeness (QED) is 0.351. The standard InChI is InChI=1S/C14H27N3O6/c1-11(19)17(8-6-15-2)7-4-3-5-12(13(20)21)16-14(22)23-10-9-18/h12,15,18H,3-10H2,1-2H3,(H,16,22)(H,20,21)/t12-/m0/s1. The summed E-state index contributed by atoms with van der Waals surface area (Å²) in [6.45, 7) is 2.82. The Hall–Kier alpha value is -1.87. The van der Waals surface area contributed by atoms with Crippen LogP contribution in [0.3, 0.4) is 0 Å². The highest BCUT2D eigenvalue weighted by Crippen LogP contribution is 2.04. The molecule has 0 spiro atoms. The van der Waals surface area contributed by atoms with E-state index in [1.807, 2.05) is 0 Å². The zero-order valence-corrected chi connectivity index (χ0v) is 13.7. The first-order valence-electron chi connectivity index (χ1n) is 7.59. The van der Waals surface area contributed by atoms with Gasteiger partial charge in [0.2, 0.25) is 5.91 Å². The smallest absolute Gasteiger partial charge is 0.407 e.